The number of hydrogen-bond acceptors (Lipinski definition) is 4. The number of thiazole rings is 1. The van der Waals surface area contributed by atoms with Crippen LogP contribution in [0.2, 0.25) is 0 Å². The Hall–Kier alpha value is -0.940. The van der Waals surface area contributed by atoms with Gasteiger partial charge in [-0.2, -0.15) is 0 Å². The fourth-order valence-electron chi connectivity index (χ4n) is 3.38. The number of amides is 1. The molecule has 0 bridgehead atoms. The first-order valence-electron chi connectivity index (χ1n) is 8.11. The third-order valence-electron chi connectivity index (χ3n) is 4.53. The third-order valence-corrected chi connectivity index (χ3v) is 5.29. The van der Waals surface area contributed by atoms with Gasteiger partial charge in [0.25, 0.3) is 5.91 Å². The summed E-state index contributed by atoms with van der Waals surface area (Å²) in [5.41, 5.74) is 0. The Kier molecular flexibility index (Phi) is 5.25. The monoisotopic (exact) mass is 308 g/mol. The van der Waals surface area contributed by atoms with Gasteiger partial charge >= 0.3 is 0 Å². The van der Waals surface area contributed by atoms with Crippen LogP contribution in [0.25, 0.3) is 0 Å². The Morgan fingerprint density at radius 1 is 1.29 bits per heavy atom. The van der Waals surface area contributed by atoms with E-state index in [2.05, 4.69) is 4.98 Å². The molecule has 0 N–H and O–H groups in total. The Balaban J connectivity index is 1.65. The summed E-state index contributed by atoms with van der Waals surface area (Å²) in [6.07, 6.45) is 9.96. The summed E-state index contributed by atoms with van der Waals surface area (Å²) in [5.74, 6) is 0.831. The highest BCUT2D eigenvalue weighted by Crippen LogP contribution is 2.26. The van der Waals surface area contributed by atoms with Crippen LogP contribution in [0, 0.1) is 5.92 Å². The molecule has 1 saturated heterocycles. The summed E-state index contributed by atoms with van der Waals surface area (Å²) in [6, 6.07) is 0. The average Bonchev–Trinajstić information content (AvgIpc) is 3.20. The van der Waals surface area contributed by atoms with E-state index in [-0.39, 0.29) is 12.0 Å². The molecular weight excluding hydrogens is 284 g/mol. The van der Waals surface area contributed by atoms with Gasteiger partial charge in [-0.05, 0) is 31.6 Å². The van der Waals surface area contributed by atoms with E-state index < -0.39 is 0 Å². The maximum atomic E-state index is 12.7. The Bertz CT molecular complexity index is 437. The summed E-state index contributed by atoms with van der Waals surface area (Å²) in [5, 5.41) is 3.00. The van der Waals surface area contributed by atoms with Gasteiger partial charge in [0, 0.05) is 24.7 Å². The number of aromatic nitrogens is 1. The van der Waals surface area contributed by atoms with Crippen LogP contribution in [0.5, 0.6) is 0 Å². The number of carbonyl (C=O) groups is 1. The summed E-state index contributed by atoms with van der Waals surface area (Å²) in [7, 11) is 0. The molecule has 4 nitrogen and oxygen atoms in total. The van der Waals surface area contributed by atoms with E-state index in [1.165, 1.54) is 32.1 Å². The minimum atomic E-state index is -0.214. The zero-order chi connectivity index (χ0) is 14.5. The Morgan fingerprint density at radius 2 is 2.14 bits per heavy atom. The first-order chi connectivity index (χ1) is 10.3. The number of carbonyl (C=O) groups excluding carboxylic acids is 1. The first-order valence-corrected chi connectivity index (χ1v) is 8.99. The van der Waals surface area contributed by atoms with Gasteiger partial charge in [-0.1, -0.05) is 19.3 Å². The Morgan fingerprint density at radius 3 is 2.81 bits per heavy atom. The summed E-state index contributed by atoms with van der Waals surface area (Å²) >= 11 is 1.63. The number of ether oxygens (including phenoxy) is 1. The lowest BCUT2D eigenvalue weighted by Gasteiger charge is -2.30. The van der Waals surface area contributed by atoms with Crippen LogP contribution in [0.3, 0.4) is 0 Å². The van der Waals surface area contributed by atoms with Crippen molar-refractivity contribution >= 4 is 17.2 Å². The molecule has 2 heterocycles. The SMILES string of the molecule is O=C([C@H]1CCCO1)N(Cc1nccs1)CC1CCCCC1. The number of nitrogens with zero attached hydrogens (tertiary/aromatic N) is 2. The van der Waals surface area contributed by atoms with E-state index in [0.717, 1.165) is 31.0 Å². The zero-order valence-corrected chi connectivity index (χ0v) is 13.3. The van der Waals surface area contributed by atoms with Crippen LogP contribution < -0.4 is 0 Å². The lowest BCUT2D eigenvalue weighted by molar-refractivity contribution is -0.142. The first kappa shape index (κ1) is 15.0. The van der Waals surface area contributed by atoms with Crippen molar-refractivity contribution in [3.05, 3.63) is 16.6 Å². The minimum absolute atomic E-state index is 0.174. The van der Waals surface area contributed by atoms with E-state index >= 15 is 0 Å². The third kappa shape index (κ3) is 4.04. The summed E-state index contributed by atoms with van der Waals surface area (Å²) in [4.78, 5) is 19.1. The Labute approximate surface area is 130 Å². The van der Waals surface area contributed by atoms with Gasteiger partial charge < -0.3 is 9.64 Å². The van der Waals surface area contributed by atoms with Gasteiger partial charge in [0.1, 0.15) is 11.1 Å². The van der Waals surface area contributed by atoms with Crippen LogP contribution in [0.15, 0.2) is 11.6 Å². The lowest BCUT2D eigenvalue weighted by atomic mass is 9.89. The second kappa shape index (κ2) is 7.36. The molecule has 116 valence electrons. The highest BCUT2D eigenvalue weighted by molar-refractivity contribution is 7.09. The van der Waals surface area contributed by atoms with Gasteiger partial charge in [-0.15, -0.1) is 11.3 Å². The molecule has 0 spiro atoms. The molecule has 1 saturated carbocycles. The second-order valence-electron chi connectivity index (χ2n) is 6.15. The topological polar surface area (TPSA) is 42.4 Å². The maximum absolute atomic E-state index is 12.7. The van der Waals surface area contributed by atoms with E-state index in [1.54, 1.807) is 11.3 Å². The average molecular weight is 308 g/mol. The van der Waals surface area contributed by atoms with E-state index in [4.69, 9.17) is 4.74 Å². The smallest absolute Gasteiger partial charge is 0.252 e. The quantitative estimate of drug-likeness (QED) is 0.838. The largest absolute Gasteiger partial charge is 0.368 e. The van der Waals surface area contributed by atoms with Crippen molar-refractivity contribution in [1.29, 1.82) is 0 Å². The molecule has 3 rings (SSSR count). The molecule has 1 amide bonds. The van der Waals surface area contributed by atoms with Crippen molar-refractivity contribution in [1.82, 2.24) is 9.88 Å². The predicted molar refractivity (Wildman–Crippen MR) is 83.1 cm³/mol. The molecule has 1 aromatic rings. The maximum Gasteiger partial charge on any atom is 0.252 e. The molecule has 5 heteroatoms. The van der Waals surface area contributed by atoms with Crippen molar-refractivity contribution in [3.8, 4) is 0 Å². The molecule has 2 fully saturated rings. The molecule has 1 aliphatic heterocycles. The van der Waals surface area contributed by atoms with Crippen molar-refractivity contribution < 1.29 is 9.53 Å². The van der Waals surface area contributed by atoms with E-state index in [1.807, 2.05) is 16.5 Å². The highest BCUT2D eigenvalue weighted by atomic mass is 32.1. The highest BCUT2D eigenvalue weighted by Gasteiger charge is 2.30. The second-order valence-corrected chi connectivity index (χ2v) is 7.13. The van der Waals surface area contributed by atoms with Crippen molar-refractivity contribution in [2.45, 2.75) is 57.6 Å². The summed E-state index contributed by atoms with van der Waals surface area (Å²) < 4.78 is 5.60. The van der Waals surface area contributed by atoms with Crippen LogP contribution in [0.1, 0.15) is 50.0 Å². The molecule has 2 aliphatic rings. The summed E-state index contributed by atoms with van der Waals surface area (Å²) in [6.45, 7) is 2.25. The van der Waals surface area contributed by atoms with Gasteiger partial charge in [0.15, 0.2) is 0 Å². The van der Waals surface area contributed by atoms with Gasteiger partial charge in [-0.25, -0.2) is 4.98 Å². The molecule has 0 radical (unpaired) electrons. The normalized spacial score (nSPS) is 23.3. The molecule has 1 aromatic heterocycles. The van der Waals surface area contributed by atoms with Crippen LogP contribution in [-0.4, -0.2) is 35.0 Å². The van der Waals surface area contributed by atoms with Gasteiger partial charge in [0.05, 0.1) is 6.54 Å². The van der Waals surface area contributed by atoms with Crippen molar-refractivity contribution in [3.63, 3.8) is 0 Å². The fourth-order valence-corrected chi connectivity index (χ4v) is 4.02. The molecule has 0 aromatic carbocycles. The van der Waals surface area contributed by atoms with E-state index in [9.17, 15) is 4.79 Å². The lowest BCUT2D eigenvalue weighted by Crippen LogP contribution is -2.41. The van der Waals surface area contributed by atoms with E-state index in [0.29, 0.717) is 12.5 Å². The number of hydrogen-bond donors (Lipinski definition) is 0. The van der Waals surface area contributed by atoms with Crippen LogP contribution in [0.4, 0.5) is 0 Å². The van der Waals surface area contributed by atoms with Gasteiger partial charge in [0.2, 0.25) is 0 Å². The molecular formula is C16H24N2O2S. The minimum Gasteiger partial charge on any atom is -0.368 e. The van der Waals surface area contributed by atoms with Crippen LogP contribution in [-0.2, 0) is 16.1 Å². The predicted octanol–water partition coefficient (Wildman–Crippen LogP) is 3.23. The number of rotatable bonds is 5. The molecule has 1 atom stereocenters. The van der Waals surface area contributed by atoms with Gasteiger partial charge in [-0.3, -0.25) is 4.79 Å². The zero-order valence-electron chi connectivity index (χ0n) is 12.5. The fraction of sp³-hybridized carbons (Fsp3) is 0.750. The standard InChI is InChI=1S/C16H24N2O2S/c19-16(14-7-4-9-20-14)18(12-15-17-8-10-21-15)11-13-5-2-1-3-6-13/h8,10,13-14H,1-7,9,11-12H2/t14-/m1/s1. The van der Waals surface area contributed by atoms with Crippen molar-refractivity contribution in [2.24, 2.45) is 5.92 Å². The van der Waals surface area contributed by atoms with Crippen molar-refractivity contribution in [2.75, 3.05) is 13.2 Å². The molecule has 21 heavy (non-hydrogen) atoms. The molecule has 1 aliphatic carbocycles. The van der Waals surface area contributed by atoms with Crippen LogP contribution >= 0.6 is 11.3 Å². The molecule has 0 unspecified atom stereocenters.